The maximum Gasteiger partial charge on any atom is 0.320 e. The molecule has 13 heavy (non-hydrogen) atoms. The molecule has 1 rings (SSSR count). The van der Waals surface area contributed by atoms with Crippen molar-refractivity contribution in [3.05, 3.63) is 29.8 Å². The Labute approximate surface area is 79.8 Å². The summed E-state index contributed by atoms with van der Waals surface area (Å²) in [6.07, 6.45) is -0.458. The van der Waals surface area contributed by atoms with Crippen molar-refractivity contribution in [3.8, 4) is 5.75 Å². The molecule has 0 fully saturated rings. The number of nitrogens with two attached hydrogens (primary N) is 1. The summed E-state index contributed by atoms with van der Waals surface area (Å²) >= 11 is 0. The number of aliphatic carboxylic acids is 1. The first kappa shape index (κ1) is 5.99. The van der Waals surface area contributed by atoms with Crippen molar-refractivity contribution >= 4 is 5.97 Å². The van der Waals surface area contributed by atoms with Crippen LogP contribution in [0, 0.1) is 0 Å². The lowest BCUT2D eigenvalue weighted by molar-refractivity contribution is -0.138. The summed E-state index contributed by atoms with van der Waals surface area (Å²) in [5.74, 6) is -1.78. The number of carboxylic acid groups (broad SMARTS) is 1. The first-order chi connectivity index (χ1) is 7.24. The molecule has 4 heteroatoms. The number of hydrogen-bond acceptors (Lipinski definition) is 3. The summed E-state index contributed by atoms with van der Waals surface area (Å²) in [5.41, 5.74) is 5.23. The molecule has 0 aliphatic carbocycles. The Morgan fingerprint density at radius 3 is 2.69 bits per heavy atom. The van der Waals surface area contributed by atoms with Crippen LogP contribution >= 0.6 is 0 Å². The molecule has 1 aromatic rings. The lowest BCUT2D eigenvalue weighted by Gasteiger charge is -2.05. The van der Waals surface area contributed by atoms with Crippen LogP contribution in [-0.2, 0) is 11.2 Å². The first-order valence-electron chi connectivity index (χ1n) is 5.05. The number of carboxylic acids is 1. The maximum absolute atomic E-state index is 10.6. The number of rotatable bonds is 3. The third-order valence-electron chi connectivity index (χ3n) is 1.43. The van der Waals surface area contributed by atoms with Crippen LogP contribution in [0.15, 0.2) is 24.2 Å². The smallest absolute Gasteiger partial charge is 0.320 e. The molecule has 0 heterocycles. The van der Waals surface area contributed by atoms with Gasteiger partial charge in [-0.25, -0.2) is 0 Å². The SMILES string of the molecule is [2H]c1cc(O)cc([2H])c1CC([2H])(N)C(=O)O. The quantitative estimate of drug-likeness (QED) is 0.632. The van der Waals surface area contributed by atoms with Gasteiger partial charge >= 0.3 is 5.97 Å². The highest BCUT2D eigenvalue weighted by Crippen LogP contribution is 2.10. The molecule has 0 spiro atoms. The van der Waals surface area contributed by atoms with Gasteiger partial charge in [-0.05, 0) is 24.1 Å². The molecule has 1 unspecified atom stereocenters. The molecule has 0 radical (unpaired) electrons. The lowest BCUT2D eigenvalue weighted by atomic mass is 10.1. The predicted octanol–water partition coefficient (Wildman–Crippen LogP) is 0.347. The zero-order valence-corrected chi connectivity index (χ0v) is 6.74. The molecular formula is C9H11NO3. The highest BCUT2D eigenvalue weighted by Gasteiger charge is 2.11. The second-order valence-corrected chi connectivity index (χ2v) is 2.49. The summed E-state index contributed by atoms with van der Waals surface area (Å²) in [6, 6.07) is -0.527. The summed E-state index contributed by atoms with van der Waals surface area (Å²) < 4.78 is 22.2. The fourth-order valence-electron chi connectivity index (χ4n) is 0.774. The minimum absolute atomic E-state index is 0.0256. The minimum atomic E-state index is -2.28. The standard InChI is InChI=1S/C9H11NO3/c10-8(9(12)13)5-6-1-3-7(11)4-2-6/h1-4,8,11H,5,10H2,(H,12,13)/i1D,2D,8D. The van der Waals surface area contributed by atoms with E-state index in [2.05, 4.69) is 0 Å². The van der Waals surface area contributed by atoms with E-state index in [9.17, 15) is 4.79 Å². The van der Waals surface area contributed by atoms with Crippen LogP contribution in [0.4, 0.5) is 0 Å². The van der Waals surface area contributed by atoms with Gasteiger partial charge in [0.25, 0.3) is 0 Å². The molecule has 0 aliphatic heterocycles. The van der Waals surface area contributed by atoms with E-state index in [0.29, 0.717) is 0 Å². The number of phenolic OH excluding ortho intramolecular Hbond substituents is 1. The van der Waals surface area contributed by atoms with Crippen molar-refractivity contribution in [2.75, 3.05) is 0 Å². The van der Waals surface area contributed by atoms with Gasteiger partial charge in [0.2, 0.25) is 0 Å². The van der Waals surface area contributed by atoms with Crippen molar-refractivity contribution in [2.24, 2.45) is 5.73 Å². The van der Waals surface area contributed by atoms with Crippen LogP contribution in [0.5, 0.6) is 5.75 Å². The number of phenols is 1. The van der Waals surface area contributed by atoms with Crippen molar-refractivity contribution in [1.29, 1.82) is 0 Å². The minimum Gasteiger partial charge on any atom is -0.508 e. The van der Waals surface area contributed by atoms with Crippen LogP contribution in [-0.4, -0.2) is 22.2 Å². The molecule has 4 nitrogen and oxygen atoms in total. The molecule has 0 saturated carbocycles. The first-order valence-corrected chi connectivity index (χ1v) is 3.55. The van der Waals surface area contributed by atoms with Gasteiger partial charge in [0.05, 0.1) is 4.11 Å². The van der Waals surface area contributed by atoms with Gasteiger partial charge in [-0.15, -0.1) is 0 Å². The van der Waals surface area contributed by atoms with E-state index in [4.69, 9.17) is 20.1 Å². The Balaban J connectivity index is 3.11. The lowest BCUT2D eigenvalue weighted by Crippen LogP contribution is -2.32. The van der Waals surface area contributed by atoms with Gasteiger partial charge < -0.3 is 15.9 Å². The normalized spacial score (nSPS) is 18.1. The zero-order chi connectivity index (χ0) is 12.5. The zero-order valence-electron chi connectivity index (χ0n) is 9.74. The predicted molar refractivity (Wildman–Crippen MR) is 47.4 cm³/mol. The third kappa shape index (κ3) is 2.76. The monoisotopic (exact) mass is 184 g/mol. The maximum atomic E-state index is 10.6. The van der Waals surface area contributed by atoms with Crippen LogP contribution in [0.2, 0.25) is 0 Å². The van der Waals surface area contributed by atoms with Gasteiger partial charge in [-0.2, -0.15) is 0 Å². The number of aromatic hydroxyl groups is 1. The Morgan fingerprint density at radius 1 is 1.69 bits per heavy atom. The summed E-state index contributed by atoms with van der Waals surface area (Å²) in [4.78, 5) is 10.6. The Hall–Kier alpha value is -1.55. The van der Waals surface area contributed by atoms with E-state index in [1.165, 1.54) is 0 Å². The molecule has 0 bridgehead atoms. The fourth-order valence-corrected chi connectivity index (χ4v) is 0.774. The van der Waals surface area contributed by atoms with Crippen LogP contribution < -0.4 is 5.73 Å². The molecule has 4 N–H and O–H groups in total. The average molecular weight is 184 g/mol. The van der Waals surface area contributed by atoms with Gasteiger partial charge in [0.15, 0.2) is 0 Å². The van der Waals surface area contributed by atoms with Gasteiger partial charge in [-0.3, -0.25) is 4.79 Å². The van der Waals surface area contributed by atoms with Crippen LogP contribution in [0.1, 0.15) is 9.68 Å². The number of carbonyl (C=O) groups is 1. The Bertz CT molecular complexity index is 411. The van der Waals surface area contributed by atoms with E-state index < -0.39 is 18.4 Å². The summed E-state index contributed by atoms with van der Waals surface area (Å²) in [7, 11) is 0. The van der Waals surface area contributed by atoms with Crippen molar-refractivity contribution in [2.45, 2.75) is 12.4 Å². The number of hydrogen-bond donors (Lipinski definition) is 3. The highest BCUT2D eigenvalue weighted by molar-refractivity contribution is 5.73. The average Bonchev–Trinajstić information content (AvgIpc) is 2.11. The fraction of sp³-hybridized carbons (Fsp3) is 0.222. The second kappa shape index (κ2) is 3.91. The van der Waals surface area contributed by atoms with Gasteiger partial charge in [-0.1, -0.05) is 12.1 Å². The summed E-state index contributed by atoms with van der Waals surface area (Å²) in [5, 5.41) is 17.7. The molecule has 0 amide bonds. The molecule has 0 aliphatic rings. The molecule has 1 atom stereocenters. The topological polar surface area (TPSA) is 83.5 Å². The second-order valence-electron chi connectivity index (χ2n) is 2.49. The van der Waals surface area contributed by atoms with Crippen molar-refractivity contribution in [3.63, 3.8) is 0 Å². The van der Waals surface area contributed by atoms with E-state index in [1.54, 1.807) is 0 Å². The van der Waals surface area contributed by atoms with Crippen LogP contribution in [0.25, 0.3) is 0 Å². The molecular weight excluding hydrogens is 170 g/mol. The summed E-state index contributed by atoms with van der Waals surface area (Å²) in [6.45, 7) is 0. The third-order valence-corrected chi connectivity index (χ3v) is 1.43. The number of benzene rings is 1. The van der Waals surface area contributed by atoms with Crippen molar-refractivity contribution < 1.29 is 19.1 Å². The van der Waals surface area contributed by atoms with Crippen molar-refractivity contribution in [1.82, 2.24) is 0 Å². The van der Waals surface area contributed by atoms with Crippen LogP contribution in [0.3, 0.4) is 0 Å². The Morgan fingerprint density at radius 2 is 2.23 bits per heavy atom. The molecule has 70 valence electrons. The van der Waals surface area contributed by atoms with E-state index in [1.807, 2.05) is 0 Å². The van der Waals surface area contributed by atoms with E-state index in [0.717, 1.165) is 12.1 Å². The molecule has 0 saturated heterocycles. The largest absolute Gasteiger partial charge is 0.508 e. The van der Waals surface area contributed by atoms with Gasteiger partial charge in [0, 0.05) is 0 Å². The molecule has 1 aromatic carbocycles. The molecule has 0 aromatic heterocycles. The highest BCUT2D eigenvalue weighted by atomic mass is 16.4. The van der Waals surface area contributed by atoms with E-state index >= 15 is 0 Å². The van der Waals surface area contributed by atoms with E-state index in [-0.39, 0.29) is 23.4 Å². The van der Waals surface area contributed by atoms with Gasteiger partial charge in [0.1, 0.15) is 11.8 Å². The Kier molecular flexibility index (Phi) is 1.80.